The summed E-state index contributed by atoms with van der Waals surface area (Å²) < 4.78 is 40.8. The van der Waals surface area contributed by atoms with Crippen molar-refractivity contribution in [2.45, 2.75) is 25.6 Å². The van der Waals surface area contributed by atoms with Crippen LogP contribution in [0.4, 0.5) is 18.9 Å². The van der Waals surface area contributed by atoms with Crippen LogP contribution in [0, 0.1) is 0 Å². The quantitative estimate of drug-likeness (QED) is 0.912. The monoisotopic (exact) mass is 282 g/mol. The summed E-state index contributed by atoms with van der Waals surface area (Å²) in [6, 6.07) is 4.25. The van der Waals surface area contributed by atoms with Gasteiger partial charge in [0.05, 0.1) is 5.52 Å². The van der Waals surface area contributed by atoms with Gasteiger partial charge in [0.1, 0.15) is 5.75 Å². The highest BCUT2D eigenvalue weighted by molar-refractivity contribution is 5.94. The molecular formula is C14H13F3N2O. The molecule has 0 amide bonds. The van der Waals surface area contributed by atoms with Crippen molar-refractivity contribution in [1.82, 2.24) is 4.98 Å². The van der Waals surface area contributed by atoms with Gasteiger partial charge in [0.15, 0.2) is 0 Å². The summed E-state index contributed by atoms with van der Waals surface area (Å²) in [5, 5.41) is 3.75. The highest BCUT2D eigenvalue weighted by Crippen LogP contribution is 2.36. The van der Waals surface area contributed by atoms with Gasteiger partial charge in [-0.25, -0.2) is 0 Å². The Hall–Kier alpha value is -1.98. The minimum Gasteiger partial charge on any atom is -0.406 e. The number of aryl methyl sites for hydroxylation is 1. The zero-order valence-corrected chi connectivity index (χ0v) is 10.8. The van der Waals surface area contributed by atoms with Crippen molar-refractivity contribution in [3.8, 4) is 5.75 Å². The third kappa shape index (κ3) is 2.26. The predicted molar refractivity (Wildman–Crippen MR) is 70.0 cm³/mol. The summed E-state index contributed by atoms with van der Waals surface area (Å²) in [7, 11) is 1.77. The normalized spacial score (nSPS) is 14.4. The largest absolute Gasteiger partial charge is 0.573 e. The Balaban J connectivity index is 2.15. The molecule has 2 aromatic rings. The molecule has 1 aliphatic rings. The van der Waals surface area contributed by atoms with Crippen LogP contribution in [0.15, 0.2) is 18.2 Å². The SMILES string of the molecule is CNc1c2c(nc3ccc(OC(F)(F)F)cc13)CCC2. The highest BCUT2D eigenvalue weighted by Gasteiger charge is 2.31. The van der Waals surface area contributed by atoms with E-state index in [-0.39, 0.29) is 5.75 Å². The van der Waals surface area contributed by atoms with Crippen molar-refractivity contribution in [2.75, 3.05) is 12.4 Å². The van der Waals surface area contributed by atoms with Gasteiger partial charge in [-0.3, -0.25) is 4.98 Å². The summed E-state index contributed by atoms with van der Waals surface area (Å²) in [4.78, 5) is 4.53. The van der Waals surface area contributed by atoms with E-state index in [1.54, 1.807) is 13.1 Å². The number of alkyl halides is 3. The van der Waals surface area contributed by atoms with Gasteiger partial charge in [0.2, 0.25) is 0 Å². The molecule has 0 radical (unpaired) electrons. The van der Waals surface area contributed by atoms with Crippen LogP contribution >= 0.6 is 0 Å². The van der Waals surface area contributed by atoms with Crippen LogP contribution in [0.2, 0.25) is 0 Å². The first-order valence-corrected chi connectivity index (χ1v) is 6.37. The van der Waals surface area contributed by atoms with Crippen LogP contribution in [-0.4, -0.2) is 18.4 Å². The number of ether oxygens (including phenoxy) is 1. The maximum absolute atomic E-state index is 12.3. The summed E-state index contributed by atoms with van der Waals surface area (Å²) in [6.07, 6.45) is -1.84. The summed E-state index contributed by atoms with van der Waals surface area (Å²) >= 11 is 0. The van der Waals surface area contributed by atoms with Gasteiger partial charge < -0.3 is 10.1 Å². The standard InChI is InChI=1S/C14H13F3N2O/c1-18-13-9-3-2-4-11(9)19-12-6-5-8(7-10(12)13)20-14(15,16)17/h5-7H,2-4H2,1H3,(H,18,19). The zero-order valence-electron chi connectivity index (χ0n) is 10.8. The molecule has 1 aromatic carbocycles. The fourth-order valence-corrected chi connectivity index (χ4v) is 2.72. The fourth-order valence-electron chi connectivity index (χ4n) is 2.72. The first-order valence-electron chi connectivity index (χ1n) is 6.37. The van der Waals surface area contributed by atoms with Gasteiger partial charge in [-0.15, -0.1) is 13.2 Å². The molecule has 3 rings (SSSR count). The number of pyridine rings is 1. The molecule has 1 N–H and O–H groups in total. The molecule has 0 spiro atoms. The molecular weight excluding hydrogens is 269 g/mol. The number of halogens is 3. The van der Waals surface area contributed by atoms with E-state index in [0.29, 0.717) is 10.9 Å². The summed E-state index contributed by atoms with van der Waals surface area (Å²) in [5.74, 6) is -0.221. The van der Waals surface area contributed by atoms with Crippen molar-refractivity contribution in [3.63, 3.8) is 0 Å². The van der Waals surface area contributed by atoms with Crippen LogP contribution in [0.1, 0.15) is 17.7 Å². The second-order valence-electron chi connectivity index (χ2n) is 4.74. The van der Waals surface area contributed by atoms with Crippen LogP contribution < -0.4 is 10.1 Å². The van der Waals surface area contributed by atoms with Gasteiger partial charge in [0, 0.05) is 23.8 Å². The van der Waals surface area contributed by atoms with E-state index in [9.17, 15) is 13.2 Å². The molecule has 1 aromatic heterocycles. The van der Waals surface area contributed by atoms with Crippen LogP contribution in [0.3, 0.4) is 0 Å². The molecule has 6 heteroatoms. The van der Waals surface area contributed by atoms with E-state index in [1.165, 1.54) is 12.1 Å². The maximum atomic E-state index is 12.3. The number of aromatic nitrogens is 1. The lowest BCUT2D eigenvalue weighted by Crippen LogP contribution is -2.17. The number of anilines is 1. The summed E-state index contributed by atoms with van der Waals surface area (Å²) in [5.41, 5.74) is 3.68. The van der Waals surface area contributed by atoms with Gasteiger partial charge >= 0.3 is 6.36 Å². The molecule has 0 saturated heterocycles. The number of hydrogen-bond acceptors (Lipinski definition) is 3. The number of hydrogen-bond donors (Lipinski definition) is 1. The molecule has 0 unspecified atom stereocenters. The van der Waals surface area contributed by atoms with E-state index in [0.717, 1.165) is 36.2 Å². The smallest absolute Gasteiger partial charge is 0.406 e. The van der Waals surface area contributed by atoms with E-state index in [2.05, 4.69) is 15.0 Å². The molecule has 0 atom stereocenters. The lowest BCUT2D eigenvalue weighted by Gasteiger charge is -2.14. The van der Waals surface area contributed by atoms with Crippen molar-refractivity contribution in [3.05, 3.63) is 29.5 Å². The lowest BCUT2D eigenvalue weighted by atomic mass is 10.1. The minimum absolute atomic E-state index is 0.221. The second kappa shape index (κ2) is 4.54. The molecule has 106 valence electrons. The van der Waals surface area contributed by atoms with Crippen molar-refractivity contribution >= 4 is 16.6 Å². The second-order valence-corrected chi connectivity index (χ2v) is 4.74. The Bertz CT molecular complexity index is 667. The molecule has 3 nitrogen and oxygen atoms in total. The van der Waals surface area contributed by atoms with Crippen LogP contribution in [0.25, 0.3) is 10.9 Å². The molecule has 0 saturated carbocycles. The van der Waals surface area contributed by atoms with Gasteiger partial charge in [-0.05, 0) is 43.0 Å². The van der Waals surface area contributed by atoms with Gasteiger partial charge in [-0.1, -0.05) is 0 Å². The van der Waals surface area contributed by atoms with Crippen molar-refractivity contribution in [1.29, 1.82) is 0 Å². The van der Waals surface area contributed by atoms with Gasteiger partial charge in [0.25, 0.3) is 0 Å². The molecule has 0 fully saturated rings. The fraction of sp³-hybridized carbons (Fsp3) is 0.357. The number of nitrogens with one attached hydrogen (secondary N) is 1. The van der Waals surface area contributed by atoms with E-state index in [1.807, 2.05) is 0 Å². The average molecular weight is 282 g/mol. The molecule has 1 aliphatic carbocycles. The van der Waals surface area contributed by atoms with E-state index < -0.39 is 6.36 Å². The summed E-state index contributed by atoms with van der Waals surface area (Å²) in [6.45, 7) is 0. The van der Waals surface area contributed by atoms with Crippen molar-refractivity contribution in [2.24, 2.45) is 0 Å². The Labute approximate surface area is 113 Å². The van der Waals surface area contributed by atoms with Crippen LogP contribution in [0.5, 0.6) is 5.75 Å². The van der Waals surface area contributed by atoms with Gasteiger partial charge in [-0.2, -0.15) is 0 Å². The van der Waals surface area contributed by atoms with E-state index in [4.69, 9.17) is 0 Å². The lowest BCUT2D eigenvalue weighted by molar-refractivity contribution is -0.274. The predicted octanol–water partition coefficient (Wildman–Crippen LogP) is 3.66. The Morgan fingerprint density at radius 3 is 2.75 bits per heavy atom. The topological polar surface area (TPSA) is 34.2 Å². The molecule has 20 heavy (non-hydrogen) atoms. The van der Waals surface area contributed by atoms with E-state index >= 15 is 0 Å². The highest BCUT2D eigenvalue weighted by atomic mass is 19.4. The number of fused-ring (bicyclic) bond motifs is 2. The van der Waals surface area contributed by atoms with Crippen molar-refractivity contribution < 1.29 is 17.9 Å². The number of rotatable bonds is 2. The Morgan fingerprint density at radius 2 is 2.05 bits per heavy atom. The first-order chi connectivity index (χ1) is 9.48. The number of benzene rings is 1. The van der Waals surface area contributed by atoms with Crippen LogP contribution in [-0.2, 0) is 12.8 Å². The first kappa shape index (κ1) is 13.0. The molecule has 1 heterocycles. The Morgan fingerprint density at radius 1 is 1.25 bits per heavy atom. The molecule has 0 bridgehead atoms. The number of nitrogens with zero attached hydrogens (tertiary/aromatic N) is 1. The Kier molecular flexibility index (Phi) is 2.96. The third-order valence-electron chi connectivity index (χ3n) is 3.47. The zero-order chi connectivity index (χ0) is 14.3. The third-order valence-corrected chi connectivity index (χ3v) is 3.47. The maximum Gasteiger partial charge on any atom is 0.573 e. The average Bonchev–Trinajstić information content (AvgIpc) is 2.81. The molecule has 0 aliphatic heterocycles. The minimum atomic E-state index is -4.68.